The Morgan fingerprint density at radius 3 is 2.55 bits per heavy atom. The van der Waals surface area contributed by atoms with Gasteiger partial charge in [0.25, 0.3) is 0 Å². The number of hydrogen-bond donors (Lipinski definition) is 2. The van der Waals surface area contributed by atoms with Crippen molar-refractivity contribution in [3.8, 4) is 11.6 Å². The lowest BCUT2D eigenvalue weighted by molar-refractivity contribution is 0.262. The molecule has 29 heavy (non-hydrogen) atoms. The van der Waals surface area contributed by atoms with Gasteiger partial charge in [-0.15, -0.1) is 0 Å². The van der Waals surface area contributed by atoms with E-state index in [1.165, 1.54) is 0 Å². The number of carbonyl (C=O) groups excluding carboxylic acids is 1. The van der Waals surface area contributed by atoms with Gasteiger partial charge in [-0.3, -0.25) is 0 Å². The number of pyridine rings is 1. The van der Waals surface area contributed by atoms with Crippen LogP contribution in [0.1, 0.15) is 31.9 Å². The molecule has 3 aromatic rings. The number of halogens is 1. The SMILES string of the molecule is Cc1ccc(NC(=O)Nc2cccnc2Oc2cccc(C(C)(C)C)c2)cc1Cl. The van der Waals surface area contributed by atoms with E-state index in [0.717, 1.165) is 11.1 Å². The molecule has 0 aliphatic rings. The minimum absolute atomic E-state index is 0.000234. The molecule has 1 heterocycles. The molecule has 3 rings (SSSR count). The Bertz CT molecular complexity index is 1030. The van der Waals surface area contributed by atoms with Crippen molar-refractivity contribution in [1.82, 2.24) is 4.98 Å². The fourth-order valence-electron chi connectivity index (χ4n) is 2.66. The van der Waals surface area contributed by atoms with Gasteiger partial charge in [-0.25, -0.2) is 9.78 Å². The van der Waals surface area contributed by atoms with Crippen LogP contribution in [-0.2, 0) is 5.41 Å². The van der Waals surface area contributed by atoms with Gasteiger partial charge in [0.1, 0.15) is 11.4 Å². The number of anilines is 2. The maximum absolute atomic E-state index is 12.4. The van der Waals surface area contributed by atoms with Crippen LogP contribution in [0.15, 0.2) is 60.8 Å². The van der Waals surface area contributed by atoms with E-state index in [2.05, 4.69) is 42.5 Å². The molecule has 0 unspecified atom stereocenters. The van der Waals surface area contributed by atoms with Crippen LogP contribution >= 0.6 is 11.6 Å². The minimum Gasteiger partial charge on any atom is -0.437 e. The molecule has 5 nitrogen and oxygen atoms in total. The first kappa shape index (κ1) is 20.7. The Kier molecular flexibility index (Phi) is 6.09. The number of rotatable bonds is 4. The van der Waals surface area contributed by atoms with Gasteiger partial charge in [0, 0.05) is 16.9 Å². The zero-order valence-electron chi connectivity index (χ0n) is 16.9. The quantitative estimate of drug-likeness (QED) is 0.499. The van der Waals surface area contributed by atoms with E-state index in [1.54, 1.807) is 30.5 Å². The molecule has 0 aliphatic carbocycles. The van der Waals surface area contributed by atoms with Gasteiger partial charge >= 0.3 is 6.03 Å². The third kappa shape index (κ3) is 5.48. The molecular formula is C23H24ClN3O2. The van der Waals surface area contributed by atoms with Gasteiger partial charge in [-0.05, 0) is 59.9 Å². The van der Waals surface area contributed by atoms with E-state index >= 15 is 0 Å². The molecule has 0 radical (unpaired) electrons. The normalized spacial score (nSPS) is 11.1. The number of hydrogen-bond acceptors (Lipinski definition) is 3. The number of benzene rings is 2. The Labute approximate surface area is 176 Å². The molecule has 0 atom stereocenters. The second kappa shape index (κ2) is 8.53. The molecule has 2 N–H and O–H groups in total. The predicted molar refractivity (Wildman–Crippen MR) is 118 cm³/mol. The summed E-state index contributed by atoms with van der Waals surface area (Å²) in [5, 5.41) is 6.13. The summed E-state index contributed by atoms with van der Waals surface area (Å²) in [6.45, 7) is 8.32. The summed E-state index contributed by atoms with van der Waals surface area (Å²) in [7, 11) is 0. The Morgan fingerprint density at radius 2 is 1.83 bits per heavy atom. The summed E-state index contributed by atoms with van der Waals surface area (Å²) in [6.07, 6.45) is 1.62. The number of aromatic nitrogens is 1. The largest absolute Gasteiger partial charge is 0.437 e. The second-order valence-electron chi connectivity index (χ2n) is 7.78. The van der Waals surface area contributed by atoms with Crippen molar-refractivity contribution in [2.75, 3.05) is 10.6 Å². The molecule has 150 valence electrons. The number of nitrogens with one attached hydrogen (secondary N) is 2. The summed E-state index contributed by atoms with van der Waals surface area (Å²) >= 11 is 6.12. The van der Waals surface area contributed by atoms with Gasteiger partial charge < -0.3 is 15.4 Å². The number of ether oxygens (including phenoxy) is 1. The van der Waals surface area contributed by atoms with E-state index in [4.69, 9.17) is 16.3 Å². The Balaban J connectivity index is 1.75. The van der Waals surface area contributed by atoms with Crippen LogP contribution < -0.4 is 15.4 Å². The first-order chi connectivity index (χ1) is 13.7. The van der Waals surface area contributed by atoms with Crippen LogP contribution in [0.3, 0.4) is 0 Å². The van der Waals surface area contributed by atoms with Gasteiger partial charge in [0.2, 0.25) is 5.88 Å². The van der Waals surface area contributed by atoms with Gasteiger partial charge in [0.05, 0.1) is 0 Å². The van der Waals surface area contributed by atoms with Crippen molar-refractivity contribution in [3.05, 3.63) is 76.9 Å². The lowest BCUT2D eigenvalue weighted by Crippen LogP contribution is -2.20. The third-order valence-electron chi connectivity index (χ3n) is 4.36. The predicted octanol–water partition coefficient (Wildman–Crippen LogP) is 6.78. The lowest BCUT2D eigenvalue weighted by atomic mass is 9.87. The van der Waals surface area contributed by atoms with Gasteiger partial charge in [-0.2, -0.15) is 0 Å². The topological polar surface area (TPSA) is 63.2 Å². The smallest absolute Gasteiger partial charge is 0.323 e. The van der Waals surface area contributed by atoms with Crippen molar-refractivity contribution >= 4 is 29.0 Å². The number of amides is 2. The maximum atomic E-state index is 12.4. The molecule has 2 aromatic carbocycles. The molecule has 0 aliphatic heterocycles. The minimum atomic E-state index is -0.411. The number of urea groups is 1. The van der Waals surface area contributed by atoms with Crippen molar-refractivity contribution in [1.29, 1.82) is 0 Å². The highest BCUT2D eigenvalue weighted by Crippen LogP contribution is 2.31. The molecule has 0 saturated carbocycles. The molecular weight excluding hydrogens is 386 g/mol. The first-order valence-corrected chi connectivity index (χ1v) is 9.68. The first-order valence-electron chi connectivity index (χ1n) is 9.30. The van der Waals surface area contributed by atoms with Crippen molar-refractivity contribution in [2.45, 2.75) is 33.1 Å². The fraction of sp³-hybridized carbons (Fsp3) is 0.217. The fourth-order valence-corrected chi connectivity index (χ4v) is 2.84. The summed E-state index contributed by atoms with van der Waals surface area (Å²) < 4.78 is 5.96. The summed E-state index contributed by atoms with van der Waals surface area (Å²) in [5.41, 5.74) is 3.15. The van der Waals surface area contributed by atoms with E-state index in [1.807, 2.05) is 31.2 Å². The van der Waals surface area contributed by atoms with Crippen LogP contribution in [-0.4, -0.2) is 11.0 Å². The van der Waals surface area contributed by atoms with E-state index < -0.39 is 6.03 Å². The number of aryl methyl sites for hydroxylation is 1. The van der Waals surface area contributed by atoms with Crippen molar-refractivity contribution < 1.29 is 9.53 Å². The molecule has 0 spiro atoms. The Hall–Kier alpha value is -3.05. The van der Waals surface area contributed by atoms with Crippen molar-refractivity contribution in [2.24, 2.45) is 0 Å². The molecule has 6 heteroatoms. The standard InChI is InChI=1S/C23H24ClN3O2/c1-15-10-11-17(14-19(15)24)26-22(28)27-20-9-6-12-25-21(20)29-18-8-5-7-16(13-18)23(2,3)4/h5-14H,1-4H3,(H2,26,27,28). The number of nitrogens with zero attached hydrogens (tertiary/aromatic N) is 1. The van der Waals surface area contributed by atoms with E-state index in [-0.39, 0.29) is 5.41 Å². The van der Waals surface area contributed by atoms with Crippen LogP contribution in [0, 0.1) is 6.92 Å². The summed E-state index contributed by atoms with van der Waals surface area (Å²) in [4.78, 5) is 16.7. The Morgan fingerprint density at radius 1 is 1.03 bits per heavy atom. The lowest BCUT2D eigenvalue weighted by Gasteiger charge is -2.20. The highest BCUT2D eigenvalue weighted by molar-refractivity contribution is 6.31. The van der Waals surface area contributed by atoms with Crippen LogP contribution in [0.4, 0.5) is 16.2 Å². The molecule has 0 saturated heterocycles. The number of carbonyl (C=O) groups is 1. The van der Waals surface area contributed by atoms with E-state index in [0.29, 0.717) is 28.0 Å². The molecule has 0 bridgehead atoms. The van der Waals surface area contributed by atoms with Crippen LogP contribution in [0.5, 0.6) is 11.6 Å². The zero-order valence-corrected chi connectivity index (χ0v) is 17.7. The molecule has 1 aromatic heterocycles. The monoisotopic (exact) mass is 409 g/mol. The second-order valence-corrected chi connectivity index (χ2v) is 8.19. The van der Waals surface area contributed by atoms with Gasteiger partial charge in [0.15, 0.2) is 0 Å². The highest BCUT2D eigenvalue weighted by Gasteiger charge is 2.15. The summed E-state index contributed by atoms with van der Waals surface area (Å²) in [5.74, 6) is 0.973. The average Bonchev–Trinajstić information content (AvgIpc) is 2.66. The zero-order chi connectivity index (χ0) is 21.0. The average molecular weight is 410 g/mol. The van der Waals surface area contributed by atoms with Crippen LogP contribution in [0.2, 0.25) is 5.02 Å². The van der Waals surface area contributed by atoms with E-state index in [9.17, 15) is 4.79 Å². The maximum Gasteiger partial charge on any atom is 0.323 e. The molecule has 0 fully saturated rings. The van der Waals surface area contributed by atoms with Crippen LogP contribution in [0.25, 0.3) is 0 Å². The summed E-state index contributed by atoms with van der Waals surface area (Å²) in [6, 6.07) is 16.2. The highest BCUT2D eigenvalue weighted by atomic mass is 35.5. The van der Waals surface area contributed by atoms with Crippen molar-refractivity contribution in [3.63, 3.8) is 0 Å². The third-order valence-corrected chi connectivity index (χ3v) is 4.77. The van der Waals surface area contributed by atoms with Gasteiger partial charge in [-0.1, -0.05) is 50.6 Å². The molecule has 2 amide bonds.